The van der Waals surface area contributed by atoms with E-state index in [0.717, 1.165) is 23.4 Å². The van der Waals surface area contributed by atoms with E-state index in [9.17, 15) is 5.11 Å². The molecule has 0 amide bonds. The Morgan fingerprint density at radius 1 is 1.06 bits per heavy atom. The zero-order chi connectivity index (χ0) is 12.8. The molecule has 2 aromatic rings. The van der Waals surface area contributed by atoms with Gasteiger partial charge in [0.1, 0.15) is 5.75 Å². The maximum atomic E-state index is 9.20. The molecule has 2 rings (SSSR count). The van der Waals surface area contributed by atoms with Gasteiger partial charge >= 0.3 is 0 Å². The fraction of sp³-hybridized carbons (Fsp3) is 0.200. The number of methoxy groups -OCH3 is 1. The highest BCUT2D eigenvalue weighted by atomic mass is 16.5. The molecule has 3 heteroatoms. The van der Waals surface area contributed by atoms with Crippen LogP contribution in [0.25, 0.3) is 0 Å². The number of nitrogens with one attached hydrogen (secondary N) is 1. The van der Waals surface area contributed by atoms with E-state index in [1.165, 1.54) is 0 Å². The summed E-state index contributed by atoms with van der Waals surface area (Å²) >= 11 is 0. The van der Waals surface area contributed by atoms with E-state index in [2.05, 4.69) is 11.4 Å². The van der Waals surface area contributed by atoms with E-state index in [0.29, 0.717) is 12.4 Å². The van der Waals surface area contributed by atoms with Gasteiger partial charge in [0.05, 0.1) is 6.61 Å². The number of phenols is 1. The number of rotatable bonds is 5. The van der Waals surface area contributed by atoms with Gasteiger partial charge in [-0.05, 0) is 35.4 Å². The minimum absolute atomic E-state index is 0.292. The largest absolute Gasteiger partial charge is 0.508 e. The van der Waals surface area contributed by atoms with Crippen molar-refractivity contribution in [3.63, 3.8) is 0 Å². The molecule has 2 N–H and O–H groups in total. The van der Waals surface area contributed by atoms with Crippen molar-refractivity contribution in [1.29, 1.82) is 0 Å². The zero-order valence-corrected chi connectivity index (χ0v) is 10.4. The molecule has 18 heavy (non-hydrogen) atoms. The van der Waals surface area contributed by atoms with Crippen LogP contribution in [0.1, 0.15) is 11.1 Å². The summed E-state index contributed by atoms with van der Waals surface area (Å²) in [7, 11) is 1.69. The van der Waals surface area contributed by atoms with Crippen molar-refractivity contribution >= 4 is 5.69 Å². The number of hydrogen-bond acceptors (Lipinski definition) is 3. The molecule has 3 nitrogen and oxygen atoms in total. The van der Waals surface area contributed by atoms with Crippen molar-refractivity contribution in [2.24, 2.45) is 0 Å². The Balaban J connectivity index is 1.97. The van der Waals surface area contributed by atoms with Crippen molar-refractivity contribution in [2.75, 3.05) is 12.4 Å². The maximum absolute atomic E-state index is 9.20. The molecular formula is C15H17NO2. The van der Waals surface area contributed by atoms with Gasteiger partial charge in [-0.2, -0.15) is 0 Å². The molecule has 0 aliphatic carbocycles. The van der Waals surface area contributed by atoms with Crippen LogP contribution in [-0.4, -0.2) is 12.2 Å². The van der Waals surface area contributed by atoms with E-state index in [1.807, 2.05) is 30.3 Å². The molecule has 0 aliphatic heterocycles. The molecule has 0 heterocycles. The molecule has 0 bridgehead atoms. The van der Waals surface area contributed by atoms with Crippen LogP contribution in [0.3, 0.4) is 0 Å². The number of aromatic hydroxyl groups is 1. The summed E-state index contributed by atoms with van der Waals surface area (Å²) in [6.45, 7) is 1.35. The highest BCUT2D eigenvalue weighted by molar-refractivity contribution is 5.46. The quantitative estimate of drug-likeness (QED) is 0.847. The highest BCUT2D eigenvalue weighted by Crippen LogP contribution is 2.14. The lowest BCUT2D eigenvalue weighted by atomic mass is 10.2. The summed E-state index contributed by atoms with van der Waals surface area (Å²) in [6.07, 6.45) is 0. The number of benzene rings is 2. The van der Waals surface area contributed by atoms with Gasteiger partial charge in [0.15, 0.2) is 0 Å². The molecule has 0 aromatic heterocycles. The van der Waals surface area contributed by atoms with Crippen molar-refractivity contribution in [3.05, 3.63) is 59.7 Å². The Bertz CT molecular complexity index is 494. The molecule has 0 atom stereocenters. The van der Waals surface area contributed by atoms with Crippen molar-refractivity contribution < 1.29 is 9.84 Å². The number of ether oxygens (including phenoxy) is 1. The lowest BCUT2D eigenvalue weighted by molar-refractivity contribution is 0.185. The minimum atomic E-state index is 0.292. The van der Waals surface area contributed by atoms with Gasteiger partial charge in [0, 0.05) is 19.3 Å². The molecule has 0 fully saturated rings. The number of hydrogen-bond donors (Lipinski definition) is 2. The Morgan fingerprint density at radius 3 is 2.56 bits per heavy atom. The normalized spacial score (nSPS) is 10.3. The van der Waals surface area contributed by atoms with Gasteiger partial charge in [-0.15, -0.1) is 0 Å². The fourth-order valence-corrected chi connectivity index (χ4v) is 1.76. The average molecular weight is 243 g/mol. The summed E-state index contributed by atoms with van der Waals surface area (Å²) < 4.78 is 5.10. The van der Waals surface area contributed by atoms with Gasteiger partial charge < -0.3 is 15.2 Å². The lowest BCUT2D eigenvalue weighted by Crippen LogP contribution is -1.99. The second-order valence-corrected chi connectivity index (χ2v) is 4.15. The molecule has 0 saturated heterocycles. The van der Waals surface area contributed by atoms with E-state index in [-0.39, 0.29) is 0 Å². The van der Waals surface area contributed by atoms with Gasteiger partial charge in [-0.1, -0.05) is 24.3 Å². The van der Waals surface area contributed by atoms with E-state index in [1.54, 1.807) is 19.2 Å². The minimum Gasteiger partial charge on any atom is -0.508 e. The van der Waals surface area contributed by atoms with Crippen LogP contribution < -0.4 is 5.32 Å². The summed E-state index contributed by atoms with van der Waals surface area (Å²) in [4.78, 5) is 0. The second kappa shape index (κ2) is 6.07. The van der Waals surface area contributed by atoms with E-state index >= 15 is 0 Å². The highest BCUT2D eigenvalue weighted by Gasteiger charge is 1.97. The molecule has 2 aromatic carbocycles. The van der Waals surface area contributed by atoms with Crippen molar-refractivity contribution in [1.82, 2.24) is 0 Å². The monoisotopic (exact) mass is 243 g/mol. The maximum Gasteiger partial charge on any atom is 0.115 e. The first-order valence-corrected chi connectivity index (χ1v) is 5.87. The summed E-state index contributed by atoms with van der Waals surface area (Å²) in [6, 6.07) is 15.3. The third kappa shape index (κ3) is 3.50. The van der Waals surface area contributed by atoms with Crippen LogP contribution in [-0.2, 0) is 17.9 Å². The first-order valence-electron chi connectivity index (χ1n) is 5.87. The number of anilines is 1. The molecule has 0 unspecified atom stereocenters. The van der Waals surface area contributed by atoms with E-state index < -0.39 is 0 Å². The van der Waals surface area contributed by atoms with Crippen molar-refractivity contribution in [3.8, 4) is 5.75 Å². The van der Waals surface area contributed by atoms with Crippen LogP contribution in [0, 0.1) is 0 Å². The standard InChI is InChI=1S/C15H17NO2/c1-18-11-13-3-2-4-14(9-13)16-10-12-5-7-15(17)8-6-12/h2-9,16-17H,10-11H2,1H3. The molecule has 94 valence electrons. The molecular weight excluding hydrogens is 226 g/mol. The van der Waals surface area contributed by atoms with Gasteiger partial charge in [-0.3, -0.25) is 0 Å². The van der Waals surface area contributed by atoms with Crippen LogP contribution in [0.2, 0.25) is 0 Å². The first kappa shape index (κ1) is 12.5. The number of phenolic OH excluding ortho intramolecular Hbond substituents is 1. The summed E-state index contributed by atoms with van der Waals surface area (Å²) in [5, 5.41) is 12.5. The third-order valence-electron chi connectivity index (χ3n) is 2.67. The van der Waals surface area contributed by atoms with Gasteiger partial charge in [-0.25, -0.2) is 0 Å². The van der Waals surface area contributed by atoms with Gasteiger partial charge in [0.2, 0.25) is 0 Å². The predicted molar refractivity (Wildman–Crippen MR) is 72.6 cm³/mol. The Labute approximate surface area is 107 Å². The fourth-order valence-electron chi connectivity index (χ4n) is 1.76. The SMILES string of the molecule is COCc1cccc(NCc2ccc(O)cc2)c1. The Hall–Kier alpha value is -2.00. The second-order valence-electron chi connectivity index (χ2n) is 4.15. The summed E-state index contributed by atoms with van der Waals surface area (Å²) in [5.74, 6) is 0.292. The molecule has 0 radical (unpaired) electrons. The van der Waals surface area contributed by atoms with Crippen LogP contribution in [0.5, 0.6) is 5.75 Å². The first-order chi connectivity index (χ1) is 8.78. The lowest BCUT2D eigenvalue weighted by Gasteiger charge is -2.08. The molecule has 0 spiro atoms. The van der Waals surface area contributed by atoms with E-state index in [4.69, 9.17) is 4.74 Å². The van der Waals surface area contributed by atoms with Gasteiger partial charge in [0.25, 0.3) is 0 Å². The zero-order valence-electron chi connectivity index (χ0n) is 10.4. The Morgan fingerprint density at radius 2 is 1.83 bits per heavy atom. The predicted octanol–water partition coefficient (Wildman–Crippen LogP) is 3.15. The van der Waals surface area contributed by atoms with Crippen LogP contribution >= 0.6 is 0 Å². The smallest absolute Gasteiger partial charge is 0.115 e. The van der Waals surface area contributed by atoms with Crippen molar-refractivity contribution in [2.45, 2.75) is 13.2 Å². The third-order valence-corrected chi connectivity index (χ3v) is 2.67. The average Bonchev–Trinajstić information content (AvgIpc) is 2.39. The topological polar surface area (TPSA) is 41.5 Å². The molecule has 0 saturated carbocycles. The summed E-state index contributed by atoms with van der Waals surface area (Å²) in [5.41, 5.74) is 3.34. The Kier molecular flexibility index (Phi) is 4.20. The van der Waals surface area contributed by atoms with Crippen LogP contribution in [0.15, 0.2) is 48.5 Å². The molecule has 0 aliphatic rings. The van der Waals surface area contributed by atoms with Crippen LogP contribution in [0.4, 0.5) is 5.69 Å².